The predicted molar refractivity (Wildman–Crippen MR) is 51.7 cm³/mol. The van der Waals surface area contributed by atoms with Gasteiger partial charge in [0.1, 0.15) is 0 Å². The highest BCUT2D eigenvalue weighted by Crippen LogP contribution is 2.00. The van der Waals surface area contributed by atoms with Gasteiger partial charge in [-0.25, -0.2) is 4.79 Å². The highest BCUT2D eigenvalue weighted by Gasteiger charge is 2.06. The smallest absolute Gasteiger partial charge is 0.344 e. The van der Waals surface area contributed by atoms with Crippen LogP contribution in [-0.2, 0) is 19.1 Å². The third-order valence-corrected chi connectivity index (χ3v) is 1.64. The molecule has 14 heavy (non-hydrogen) atoms. The molecule has 0 heterocycles. The number of carbonyl (C=O) groups is 2. The van der Waals surface area contributed by atoms with Crippen LogP contribution in [-0.4, -0.2) is 25.2 Å². The number of hydrogen-bond acceptors (Lipinski definition) is 4. The van der Waals surface area contributed by atoms with Crippen LogP contribution in [0.5, 0.6) is 0 Å². The van der Waals surface area contributed by atoms with E-state index >= 15 is 0 Å². The number of rotatable bonds is 7. The van der Waals surface area contributed by atoms with Gasteiger partial charge in [0.25, 0.3) is 0 Å². The second-order valence-corrected chi connectivity index (χ2v) is 2.92. The Kier molecular flexibility index (Phi) is 7.89. The first-order chi connectivity index (χ1) is 6.70. The second kappa shape index (κ2) is 8.53. The van der Waals surface area contributed by atoms with Crippen LogP contribution in [0.2, 0.25) is 0 Å². The molecule has 0 aliphatic heterocycles. The van der Waals surface area contributed by atoms with Crippen molar-refractivity contribution in [3.05, 3.63) is 0 Å². The molecule has 0 aromatic heterocycles. The van der Waals surface area contributed by atoms with E-state index in [4.69, 9.17) is 0 Å². The van der Waals surface area contributed by atoms with Gasteiger partial charge in [0.15, 0.2) is 6.61 Å². The van der Waals surface area contributed by atoms with Gasteiger partial charge in [-0.15, -0.1) is 0 Å². The number of esters is 2. The molecule has 0 aromatic rings. The first-order valence-corrected chi connectivity index (χ1v) is 5.02. The summed E-state index contributed by atoms with van der Waals surface area (Å²) < 4.78 is 9.29. The first-order valence-electron chi connectivity index (χ1n) is 5.02. The molecule has 0 N–H and O–H groups in total. The highest BCUT2D eigenvalue weighted by atomic mass is 16.6. The maximum absolute atomic E-state index is 11.0. The van der Waals surface area contributed by atoms with Gasteiger partial charge in [0.05, 0.1) is 6.61 Å². The molecular weight excluding hydrogens is 184 g/mol. The summed E-state index contributed by atoms with van der Waals surface area (Å²) in [5.74, 6) is -0.817. The van der Waals surface area contributed by atoms with E-state index in [0.717, 1.165) is 19.3 Å². The fourth-order valence-corrected chi connectivity index (χ4v) is 0.934. The summed E-state index contributed by atoms with van der Waals surface area (Å²) in [6, 6.07) is 0. The summed E-state index contributed by atoms with van der Waals surface area (Å²) >= 11 is 0. The summed E-state index contributed by atoms with van der Waals surface area (Å²) in [4.78, 5) is 21.8. The van der Waals surface area contributed by atoms with Crippen molar-refractivity contribution in [2.45, 2.75) is 39.5 Å². The molecule has 4 nitrogen and oxygen atoms in total. The summed E-state index contributed by atoms with van der Waals surface area (Å²) in [5.41, 5.74) is 0. The lowest BCUT2D eigenvalue weighted by Gasteiger charge is -2.03. The Morgan fingerprint density at radius 2 is 1.71 bits per heavy atom. The molecular formula is C10H18O4. The van der Waals surface area contributed by atoms with Crippen LogP contribution in [0.15, 0.2) is 0 Å². The molecule has 0 saturated heterocycles. The van der Waals surface area contributed by atoms with Crippen LogP contribution in [0.4, 0.5) is 0 Å². The van der Waals surface area contributed by atoms with E-state index < -0.39 is 5.97 Å². The lowest BCUT2D eigenvalue weighted by molar-refractivity contribution is -0.158. The van der Waals surface area contributed by atoms with Crippen molar-refractivity contribution in [1.82, 2.24) is 0 Å². The SMILES string of the molecule is CCCCCC(=O)OCC(=O)OCC. The Labute approximate surface area is 84.6 Å². The van der Waals surface area contributed by atoms with E-state index in [1.165, 1.54) is 0 Å². The van der Waals surface area contributed by atoms with Crippen molar-refractivity contribution in [2.24, 2.45) is 0 Å². The minimum Gasteiger partial charge on any atom is -0.463 e. The first kappa shape index (κ1) is 12.9. The minimum absolute atomic E-state index is 0.265. The zero-order chi connectivity index (χ0) is 10.8. The fourth-order valence-electron chi connectivity index (χ4n) is 0.934. The quantitative estimate of drug-likeness (QED) is 0.465. The van der Waals surface area contributed by atoms with E-state index in [-0.39, 0.29) is 12.6 Å². The average Bonchev–Trinajstić information content (AvgIpc) is 2.16. The van der Waals surface area contributed by atoms with Gasteiger partial charge in [-0.3, -0.25) is 4.79 Å². The van der Waals surface area contributed by atoms with Crippen molar-refractivity contribution in [3.63, 3.8) is 0 Å². The molecule has 0 radical (unpaired) electrons. The third-order valence-electron chi connectivity index (χ3n) is 1.64. The normalized spacial score (nSPS) is 9.57. The van der Waals surface area contributed by atoms with E-state index in [0.29, 0.717) is 13.0 Å². The zero-order valence-corrected chi connectivity index (χ0v) is 8.88. The Morgan fingerprint density at radius 1 is 1.00 bits per heavy atom. The van der Waals surface area contributed by atoms with E-state index in [1.807, 2.05) is 0 Å². The van der Waals surface area contributed by atoms with Gasteiger partial charge < -0.3 is 9.47 Å². The molecule has 0 amide bonds. The molecule has 0 aliphatic rings. The standard InChI is InChI=1S/C10H18O4/c1-3-5-6-7-9(11)14-8-10(12)13-4-2/h3-8H2,1-2H3. The summed E-state index contributed by atoms with van der Waals surface area (Å²) in [6.45, 7) is 3.82. The number of ether oxygens (including phenoxy) is 2. The fraction of sp³-hybridized carbons (Fsp3) is 0.800. The Hall–Kier alpha value is -1.06. The van der Waals surface area contributed by atoms with Gasteiger partial charge in [-0.2, -0.15) is 0 Å². The van der Waals surface area contributed by atoms with Crippen molar-refractivity contribution in [2.75, 3.05) is 13.2 Å². The molecule has 82 valence electrons. The van der Waals surface area contributed by atoms with Crippen LogP contribution >= 0.6 is 0 Å². The minimum atomic E-state index is -0.489. The monoisotopic (exact) mass is 202 g/mol. The summed E-state index contributed by atoms with van der Waals surface area (Å²) in [5, 5.41) is 0. The Balaban J connectivity index is 3.39. The molecule has 0 bridgehead atoms. The predicted octanol–water partition coefficient (Wildman–Crippen LogP) is 1.67. The maximum atomic E-state index is 11.0. The molecule has 0 aliphatic carbocycles. The molecule has 0 rings (SSSR count). The van der Waals surface area contributed by atoms with Crippen LogP contribution in [0.3, 0.4) is 0 Å². The number of hydrogen-bond donors (Lipinski definition) is 0. The lowest BCUT2D eigenvalue weighted by atomic mass is 10.2. The molecule has 0 spiro atoms. The molecule has 0 fully saturated rings. The molecule has 0 aromatic carbocycles. The molecule has 4 heteroatoms. The van der Waals surface area contributed by atoms with Gasteiger partial charge in [-0.05, 0) is 13.3 Å². The largest absolute Gasteiger partial charge is 0.463 e. The zero-order valence-electron chi connectivity index (χ0n) is 8.88. The topological polar surface area (TPSA) is 52.6 Å². The van der Waals surface area contributed by atoms with Gasteiger partial charge >= 0.3 is 11.9 Å². The number of carbonyl (C=O) groups excluding carboxylic acids is 2. The van der Waals surface area contributed by atoms with Crippen LogP contribution in [0.25, 0.3) is 0 Å². The van der Waals surface area contributed by atoms with Crippen molar-refractivity contribution >= 4 is 11.9 Å². The average molecular weight is 202 g/mol. The lowest BCUT2D eigenvalue weighted by Crippen LogP contribution is -2.16. The number of unbranched alkanes of at least 4 members (excludes halogenated alkanes) is 2. The van der Waals surface area contributed by atoms with E-state index in [2.05, 4.69) is 16.4 Å². The van der Waals surface area contributed by atoms with E-state index in [1.54, 1.807) is 6.92 Å². The van der Waals surface area contributed by atoms with Crippen molar-refractivity contribution in [3.8, 4) is 0 Å². The summed E-state index contributed by atoms with van der Waals surface area (Å²) in [7, 11) is 0. The van der Waals surface area contributed by atoms with Crippen molar-refractivity contribution in [1.29, 1.82) is 0 Å². The van der Waals surface area contributed by atoms with Crippen LogP contribution in [0.1, 0.15) is 39.5 Å². The Bertz CT molecular complexity index is 177. The van der Waals surface area contributed by atoms with Crippen molar-refractivity contribution < 1.29 is 19.1 Å². The van der Waals surface area contributed by atoms with Gasteiger partial charge in [-0.1, -0.05) is 19.8 Å². The van der Waals surface area contributed by atoms with E-state index in [9.17, 15) is 9.59 Å². The Morgan fingerprint density at radius 3 is 2.29 bits per heavy atom. The molecule has 0 unspecified atom stereocenters. The maximum Gasteiger partial charge on any atom is 0.344 e. The summed E-state index contributed by atoms with van der Waals surface area (Å²) in [6.07, 6.45) is 3.27. The third kappa shape index (κ3) is 7.58. The molecule has 0 atom stereocenters. The van der Waals surface area contributed by atoms with Gasteiger partial charge in [0.2, 0.25) is 0 Å². The highest BCUT2D eigenvalue weighted by molar-refractivity contribution is 5.76. The molecule has 0 saturated carbocycles. The van der Waals surface area contributed by atoms with Crippen LogP contribution < -0.4 is 0 Å². The van der Waals surface area contributed by atoms with Gasteiger partial charge in [0, 0.05) is 6.42 Å². The second-order valence-electron chi connectivity index (χ2n) is 2.92. The van der Waals surface area contributed by atoms with Crippen LogP contribution in [0, 0.1) is 0 Å².